The first-order valence-corrected chi connectivity index (χ1v) is 7.15. The third-order valence-corrected chi connectivity index (χ3v) is 3.45. The number of hydrogen-bond donors (Lipinski definition) is 2. The summed E-state index contributed by atoms with van der Waals surface area (Å²) in [5.41, 5.74) is 0.622. The minimum atomic E-state index is -0.900. The number of aliphatic hydroxyl groups is 1. The van der Waals surface area contributed by atoms with Gasteiger partial charge in [0.15, 0.2) is 0 Å². The Morgan fingerprint density at radius 2 is 2.09 bits per heavy atom. The van der Waals surface area contributed by atoms with Gasteiger partial charge in [0.2, 0.25) is 5.91 Å². The van der Waals surface area contributed by atoms with Gasteiger partial charge in [-0.1, -0.05) is 23.7 Å². The van der Waals surface area contributed by atoms with Crippen LogP contribution in [0.5, 0.6) is 0 Å². The third-order valence-electron chi connectivity index (χ3n) is 3.19. The lowest BCUT2D eigenvalue weighted by Crippen LogP contribution is -2.39. The smallest absolute Gasteiger partial charge is 0.386 e. The number of nitro groups is 1. The highest BCUT2D eigenvalue weighted by Crippen LogP contribution is 2.19. The highest BCUT2D eigenvalue weighted by Gasteiger charge is 2.20. The maximum atomic E-state index is 11.9. The molecule has 2 rings (SSSR count). The van der Waals surface area contributed by atoms with Gasteiger partial charge in [0.1, 0.15) is 6.54 Å². The molecule has 0 spiro atoms. The Kier molecular flexibility index (Phi) is 5.30. The van der Waals surface area contributed by atoms with Gasteiger partial charge >= 0.3 is 5.82 Å². The molecule has 1 aromatic heterocycles. The highest BCUT2D eigenvalue weighted by molar-refractivity contribution is 6.30. The number of aliphatic hydroxyl groups excluding tert-OH is 1. The average molecular weight is 339 g/mol. The van der Waals surface area contributed by atoms with E-state index in [0.29, 0.717) is 10.6 Å². The second kappa shape index (κ2) is 7.21. The van der Waals surface area contributed by atoms with Gasteiger partial charge in [-0.25, -0.2) is 0 Å². The molecule has 2 aromatic rings. The molecule has 0 aliphatic heterocycles. The maximum absolute atomic E-state index is 11.9. The minimum Gasteiger partial charge on any atom is -0.386 e. The van der Waals surface area contributed by atoms with Crippen molar-refractivity contribution >= 4 is 23.3 Å². The third kappa shape index (κ3) is 4.51. The van der Waals surface area contributed by atoms with Crippen LogP contribution in [0.4, 0.5) is 5.82 Å². The molecule has 0 saturated carbocycles. The Hall–Kier alpha value is -2.45. The molecule has 0 radical (unpaired) electrons. The fourth-order valence-electron chi connectivity index (χ4n) is 2.01. The van der Waals surface area contributed by atoms with Crippen molar-refractivity contribution in [1.29, 1.82) is 0 Å². The summed E-state index contributed by atoms with van der Waals surface area (Å²) in [4.78, 5) is 21.8. The minimum absolute atomic E-state index is 0.175. The number of amides is 1. The Balaban J connectivity index is 1.93. The van der Waals surface area contributed by atoms with E-state index in [2.05, 4.69) is 10.4 Å². The summed E-state index contributed by atoms with van der Waals surface area (Å²) in [5.74, 6) is -0.740. The molecule has 1 aromatic carbocycles. The van der Waals surface area contributed by atoms with E-state index < -0.39 is 23.0 Å². The number of rotatable bonds is 6. The molecule has 122 valence electrons. The SMILES string of the molecule is CC(NC(=O)Cn1ccc([N+](=O)[O-])n1)C(O)c1ccc(Cl)cc1. The molecule has 0 aliphatic rings. The number of carbonyl (C=O) groups excluding carboxylic acids is 1. The fraction of sp³-hybridized carbons (Fsp3) is 0.286. The van der Waals surface area contributed by atoms with Crippen molar-refractivity contribution < 1.29 is 14.8 Å². The predicted octanol–water partition coefficient (Wildman–Crippen LogP) is 1.68. The molecule has 23 heavy (non-hydrogen) atoms. The van der Waals surface area contributed by atoms with Crippen molar-refractivity contribution in [2.24, 2.45) is 0 Å². The van der Waals surface area contributed by atoms with Gasteiger partial charge in [0, 0.05) is 5.02 Å². The predicted molar refractivity (Wildman–Crippen MR) is 82.9 cm³/mol. The standard InChI is InChI=1S/C14H15ClN4O4/c1-9(14(21)10-2-4-11(15)5-3-10)16-13(20)8-18-7-6-12(17-18)19(22)23/h2-7,9,14,21H,8H2,1H3,(H,16,20). The summed E-state index contributed by atoms with van der Waals surface area (Å²) in [7, 11) is 0. The largest absolute Gasteiger partial charge is 0.389 e. The van der Waals surface area contributed by atoms with Crippen molar-refractivity contribution in [2.75, 3.05) is 0 Å². The first-order chi connectivity index (χ1) is 10.9. The summed E-state index contributed by atoms with van der Waals surface area (Å²) >= 11 is 5.79. The first-order valence-electron chi connectivity index (χ1n) is 6.77. The lowest BCUT2D eigenvalue weighted by molar-refractivity contribution is -0.389. The Bertz CT molecular complexity index is 701. The zero-order valence-electron chi connectivity index (χ0n) is 12.2. The molecular weight excluding hydrogens is 324 g/mol. The molecular formula is C14H15ClN4O4. The van der Waals surface area contributed by atoms with E-state index in [1.807, 2.05) is 0 Å². The van der Waals surface area contributed by atoms with Crippen LogP contribution in [0.2, 0.25) is 5.02 Å². The molecule has 1 heterocycles. The van der Waals surface area contributed by atoms with Crippen LogP contribution in [0.3, 0.4) is 0 Å². The Morgan fingerprint density at radius 3 is 2.65 bits per heavy atom. The normalized spacial score (nSPS) is 13.3. The lowest BCUT2D eigenvalue weighted by Gasteiger charge is -2.20. The topological polar surface area (TPSA) is 110 Å². The second-order valence-corrected chi connectivity index (χ2v) is 5.42. The van der Waals surface area contributed by atoms with E-state index >= 15 is 0 Å². The van der Waals surface area contributed by atoms with Crippen LogP contribution in [-0.2, 0) is 11.3 Å². The van der Waals surface area contributed by atoms with Crippen LogP contribution >= 0.6 is 11.6 Å². The van der Waals surface area contributed by atoms with Crippen LogP contribution in [0.1, 0.15) is 18.6 Å². The number of benzene rings is 1. The van der Waals surface area contributed by atoms with E-state index in [9.17, 15) is 20.0 Å². The summed E-state index contributed by atoms with van der Waals surface area (Å²) in [6, 6.07) is 7.31. The first kappa shape index (κ1) is 16.9. The highest BCUT2D eigenvalue weighted by atomic mass is 35.5. The van der Waals surface area contributed by atoms with E-state index in [1.165, 1.54) is 12.3 Å². The maximum Gasteiger partial charge on any atom is 0.389 e. The molecule has 0 aliphatic carbocycles. The van der Waals surface area contributed by atoms with Crippen LogP contribution < -0.4 is 5.32 Å². The van der Waals surface area contributed by atoms with E-state index in [0.717, 1.165) is 4.68 Å². The molecule has 0 fully saturated rings. The van der Waals surface area contributed by atoms with Gasteiger partial charge in [-0.3, -0.25) is 4.79 Å². The van der Waals surface area contributed by atoms with Crippen LogP contribution in [0, 0.1) is 10.1 Å². The summed E-state index contributed by atoms with van der Waals surface area (Å²) in [5, 5.41) is 27.6. The molecule has 2 atom stereocenters. The molecule has 2 unspecified atom stereocenters. The molecule has 9 heteroatoms. The van der Waals surface area contributed by atoms with Gasteiger partial charge in [-0.15, -0.1) is 0 Å². The van der Waals surface area contributed by atoms with Crippen molar-refractivity contribution in [3.05, 3.63) is 57.2 Å². The number of carbonyl (C=O) groups is 1. The van der Waals surface area contributed by atoms with Gasteiger partial charge in [-0.2, -0.15) is 4.68 Å². The second-order valence-electron chi connectivity index (χ2n) is 4.98. The lowest BCUT2D eigenvalue weighted by atomic mass is 10.0. The number of nitrogens with one attached hydrogen (secondary N) is 1. The zero-order chi connectivity index (χ0) is 17.0. The van der Waals surface area contributed by atoms with Gasteiger partial charge in [0.25, 0.3) is 0 Å². The van der Waals surface area contributed by atoms with E-state index in [1.54, 1.807) is 31.2 Å². The summed E-state index contributed by atoms with van der Waals surface area (Å²) < 4.78 is 1.16. The van der Waals surface area contributed by atoms with Gasteiger partial charge in [-0.05, 0) is 29.5 Å². The van der Waals surface area contributed by atoms with Crippen LogP contribution in [-0.4, -0.2) is 31.8 Å². The molecule has 8 nitrogen and oxygen atoms in total. The molecule has 2 N–H and O–H groups in total. The van der Waals surface area contributed by atoms with E-state index in [-0.39, 0.29) is 12.4 Å². The van der Waals surface area contributed by atoms with Crippen molar-refractivity contribution in [3.8, 4) is 0 Å². The van der Waals surface area contributed by atoms with Crippen molar-refractivity contribution in [2.45, 2.75) is 25.6 Å². The number of aromatic nitrogens is 2. The number of nitrogens with zero attached hydrogens (tertiary/aromatic N) is 3. The molecule has 1 amide bonds. The zero-order valence-corrected chi connectivity index (χ0v) is 13.0. The summed E-state index contributed by atoms with van der Waals surface area (Å²) in [6.45, 7) is 1.48. The fourth-order valence-corrected chi connectivity index (χ4v) is 2.14. The van der Waals surface area contributed by atoms with Gasteiger partial charge < -0.3 is 20.5 Å². The Labute approximate surface area is 136 Å². The van der Waals surface area contributed by atoms with Gasteiger partial charge in [0.05, 0.1) is 29.5 Å². The van der Waals surface area contributed by atoms with Crippen molar-refractivity contribution in [3.63, 3.8) is 0 Å². The number of halogens is 1. The Morgan fingerprint density at radius 1 is 1.43 bits per heavy atom. The monoisotopic (exact) mass is 338 g/mol. The van der Waals surface area contributed by atoms with Crippen molar-refractivity contribution in [1.82, 2.24) is 15.1 Å². The van der Waals surface area contributed by atoms with Crippen LogP contribution in [0.25, 0.3) is 0 Å². The van der Waals surface area contributed by atoms with E-state index in [4.69, 9.17) is 11.6 Å². The average Bonchev–Trinajstić information content (AvgIpc) is 2.95. The molecule has 0 bridgehead atoms. The molecule has 0 saturated heterocycles. The summed E-state index contributed by atoms with van der Waals surface area (Å²) in [6.07, 6.45) is 0.445. The number of hydrogen-bond acceptors (Lipinski definition) is 5. The van der Waals surface area contributed by atoms with Crippen LogP contribution in [0.15, 0.2) is 36.5 Å². The quantitative estimate of drug-likeness (QED) is 0.615.